The SMILES string of the molecule is C[C@@H](O)[C@H](NC/C=C/c1ccc(-c2cc(C(N)=O)c(NC(N)=O)s2)cc1)C(=O)OC1CCCC1. The van der Waals surface area contributed by atoms with Crippen LogP contribution < -0.4 is 22.1 Å². The molecule has 9 nitrogen and oxygen atoms in total. The van der Waals surface area contributed by atoms with Gasteiger partial charge >= 0.3 is 12.0 Å². The number of hydrogen-bond donors (Lipinski definition) is 5. The Morgan fingerprint density at radius 2 is 1.88 bits per heavy atom. The third-order valence-electron chi connectivity index (χ3n) is 5.52. The first-order valence-electron chi connectivity index (χ1n) is 11.1. The Bertz CT molecular complexity index is 1040. The third-order valence-corrected chi connectivity index (χ3v) is 6.62. The van der Waals surface area contributed by atoms with E-state index in [0.29, 0.717) is 11.5 Å². The van der Waals surface area contributed by atoms with Crippen LogP contribution in [-0.2, 0) is 9.53 Å². The van der Waals surface area contributed by atoms with Gasteiger partial charge in [-0.05, 0) is 49.8 Å². The van der Waals surface area contributed by atoms with E-state index in [9.17, 15) is 19.5 Å². The summed E-state index contributed by atoms with van der Waals surface area (Å²) >= 11 is 1.21. The molecule has 0 unspecified atom stereocenters. The summed E-state index contributed by atoms with van der Waals surface area (Å²) in [4.78, 5) is 35.9. The highest BCUT2D eigenvalue weighted by molar-refractivity contribution is 7.20. The van der Waals surface area contributed by atoms with Gasteiger partial charge < -0.3 is 21.3 Å². The predicted octanol–water partition coefficient (Wildman–Crippen LogP) is 2.84. The first-order chi connectivity index (χ1) is 16.2. The van der Waals surface area contributed by atoms with Crippen molar-refractivity contribution < 1.29 is 24.2 Å². The zero-order valence-corrected chi connectivity index (χ0v) is 19.8. The number of thiophene rings is 1. The quantitative estimate of drug-likeness (QED) is 0.325. The fraction of sp³-hybridized carbons (Fsp3) is 0.375. The number of esters is 1. The van der Waals surface area contributed by atoms with Gasteiger partial charge in [-0.2, -0.15) is 0 Å². The van der Waals surface area contributed by atoms with Gasteiger partial charge in [0.25, 0.3) is 5.91 Å². The molecule has 1 fully saturated rings. The van der Waals surface area contributed by atoms with E-state index in [-0.39, 0.29) is 11.7 Å². The molecule has 1 saturated carbocycles. The maximum atomic E-state index is 12.4. The van der Waals surface area contributed by atoms with Crippen LogP contribution in [0.3, 0.4) is 0 Å². The van der Waals surface area contributed by atoms with Gasteiger partial charge in [0, 0.05) is 11.4 Å². The van der Waals surface area contributed by atoms with Gasteiger partial charge in [-0.15, -0.1) is 11.3 Å². The largest absolute Gasteiger partial charge is 0.461 e. The molecule has 182 valence electrons. The van der Waals surface area contributed by atoms with E-state index in [1.807, 2.05) is 36.4 Å². The van der Waals surface area contributed by atoms with Gasteiger partial charge in [-0.1, -0.05) is 36.4 Å². The lowest BCUT2D eigenvalue weighted by Gasteiger charge is -2.21. The number of primary amides is 2. The molecule has 0 saturated heterocycles. The van der Waals surface area contributed by atoms with Crippen molar-refractivity contribution in [2.24, 2.45) is 11.5 Å². The summed E-state index contributed by atoms with van der Waals surface area (Å²) in [7, 11) is 0. The zero-order chi connectivity index (χ0) is 24.7. The number of aliphatic hydroxyl groups is 1. The molecular formula is C24H30N4O5S. The van der Waals surface area contributed by atoms with Crippen molar-refractivity contribution in [2.75, 3.05) is 11.9 Å². The minimum Gasteiger partial charge on any atom is -0.461 e. The Hall–Kier alpha value is -3.21. The summed E-state index contributed by atoms with van der Waals surface area (Å²) in [5.41, 5.74) is 12.5. The third kappa shape index (κ3) is 6.89. The van der Waals surface area contributed by atoms with E-state index < -0.39 is 30.1 Å². The maximum absolute atomic E-state index is 12.4. The minimum atomic E-state index is -0.869. The average Bonchev–Trinajstić information content (AvgIpc) is 3.43. The standard InChI is InChI=1S/C24H30N4O5S/c1-14(29)20(23(31)33-17-6-2-3-7-17)27-12-4-5-15-8-10-16(11-9-15)19-13-18(21(25)30)22(34-19)28-24(26)32/h4-5,8-11,13-14,17,20,27,29H,2-3,6-7,12H2,1H3,(H2,25,30)(H3,26,28,32)/b5-4+/t14-,20+/m1/s1. The second-order valence-electron chi connectivity index (χ2n) is 8.20. The number of anilines is 1. The Morgan fingerprint density at radius 3 is 2.47 bits per heavy atom. The fourth-order valence-corrected chi connectivity index (χ4v) is 4.84. The van der Waals surface area contributed by atoms with Crippen molar-refractivity contribution in [1.29, 1.82) is 0 Å². The number of hydrogen-bond acceptors (Lipinski definition) is 7. The molecule has 10 heteroatoms. The molecule has 1 heterocycles. The van der Waals surface area contributed by atoms with Gasteiger partial charge in [-0.3, -0.25) is 20.2 Å². The molecule has 2 atom stereocenters. The normalized spacial score (nSPS) is 15.8. The molecule has 0 spiro atoms. The van der Waals surface area contributed by atoms with E-state index in [1.54, 1.807) is 13.0 Å². The van der Waals surface area contributed by atoms with Crippen LogP contribution in [0.4, 0.5) is 9.80 Å². The highest BCUT2D eigenvalue weighted by Gasteiger charge is 2.28. The van der Waals surface area contributed by atoms with E-state index in [4.69, 9.17) is 16.2 Å². The summed E-state index contributed by atoms with van der Waals surface area (Å²) < 4.78 is 5.51. The summed E-state index contributed by atoms with van der Waals surface area (Å²) in [6, 6.07) is 7.64. The summed E-state index contributed by atoms with van der Waals surface area (Å²) in [6.45, 7) is 1.95. The Morgan fingerprint density at radius 1 is 1.21 bits per heavy atom. The van der Waals surface area contributed by atoms with Crippen LogP contribution >= 0.6 is 11.3 Å². The number of urea groups is 1. The van der Waals surface area contributed by atoms with Crippen LogP contribution in [0.5, 0.6) is 0 Å². The molecule has 2 aromatic rings. The fourth-order valence-electron chi connectivity index (χ4n) is 3.76. The molecule has 34 heavy (non-hydrogen) atoms. The first kappa shape index (κ1) is 25.4. The van der Waals surface area contributed by atoms with Crippen LogP contribution in [0.25, 0.3) is 16.5 Å². The van der Waals surface area contributed by atoms with Crippen molar-refractivity contribution in [3.63, 3.8) is 0 Å². The lowest BCUT2D eigenvalue weighted by atomic mass is 10.1. The molecule has 1 aliphatic rings. The number of carbonyl (C=O) groups excluding carboxylic acids is 3. The Labute approximate surface area is 202 Å². The summed E-state index contributed by atoms with van der Waals surface area (Å²) in [6.07, 6.45) is 6.73. The molecule has 7 N–H and O–H groups in total. The lowest BCUT2D eigenvalue weighted by molar-refractivity contribution is -0.154. The van der Waals surface area contributed by atoms with Crippen molar-refractivity contribution in [2.45, 2.75) is 50.9 Å². The molecule has 3 rings (SSSR count). The van der Waals surface area contributed by atoms with Gasteiger partial charge in [0.05, 0.1) is 11.7 Å². The molecular weight excluding hydrogens is 456 g/mol. The summed E-state index contributed by atoms with van der Waals surface area (Å²) in [5, 5.41) is 15.7. The molecule has 1 aliphatic carbocycles. The van der Waals surface area contributed by atoms with Crippen molar-refractivity contribution in [3.05, 3.63) is 47.5 Å². The van der Waals surface area contributed by atoms with Crippen molar-refractivity contribution in [1.82, 2.24) is 5.32 Å². The van der Waals surface area contributed by atoms with Gasteiger partial charge in [0.1, 0.15) is 17.1 Å². The van der Waals surface area contributed by atoms with Crippen LogP contribution in [-0.4, -0.2) is 47.8 Å². The minimum absolute atomic E-state index is 0.0466. The van der Waals surface area contributed by atoms with Crippen LogP contribution in [0.2, 0.25) is 0 Å². The highest BCUT2D eigenvalue weighted by Crippen LogP contribution is 2.35. The number of rotatable bonds is 10. The topological polar surface area (TPSA) is 157 Å². The van der Waals surface area contributed by atoms with Gasteiger partial charge in [0.2, 0.25) is 0 Å². The smallest absolute Gasteiger partial charge is 0.326 e. The number of amides is 3. The molecule has 0 aliphatic heterocycles. The highest BCUT2D eigenvalue weighted by atomic mass is 32.1. The van der Waals surface area contributed by atoms with E-state index >= 15 is 0 Å². The van der Waals surface area contributed by atoms with Crippen LogP contribution in [0.15, 0.2) is 36.4 Å². The molecule has 3 amide bonds. The number of carbonyl (C=O) groups is 3. The second-order valence-corrected chi connectivity index (χ2v) is 9.25. The molecule has 0 radical (unpaired) electrons. The first-order valence-corrected chi connectivity index (χ1v) is 11.9. The number of aliphatic hydroxyl groups excluding tert-OH is 1. The van der Waals surface area contributed by atoms with E-state index in [1.165, 1.54) is 11.3 Å². The molecule has 1 aromatic carbocycles. The average molecular weight is 487 g/mol. The second kappa shape index (κ2) is 11.8. The number of nitrogens with two attached hydrogens (primary N) is 2. The number of nitrogens with one attached hydrogen (secondary N) is 2. The van der Waals surface area contributed by atoms with E-state index in [2.05, 4.69) is 10.6 Å². The molecule has 1 aromatic heterocycles. The Kier molecular flexibility index (Phi) is 8.80. The van der Waals surface area contributed by atoms with Gasteiger partial charge in [0.15, 0.2) is 0 Å². The maximum Gasteiger partial charge on any atom is 0.326 e. The monoisotopic (exact) mass is 486 g/mol. The van der Waals surface area contributed by atoms with Crippen LogP contribution in [0.1, 0.15) is 48.5 Å². The zero-order valence-electron chi connectivity index (χ0n) is 19.0. The van der Waals surface area contributed by atoms with Crippen LogP contribution in [0, 0.1) is 0 Å². The number of ether oxygens (including phenoxy) is 1. The van der Waals surface area contributed by atoms with Gasteiger partial charge in [-0.25, -0.2) is 4.79 Å². The Balaban J connectivity index is 1.58. The van der Waals surface area contributed by atoms with Crippen molar-refractivity contribution in [3.8, 4) is 10.4 Å². The predicted molar refractivity (Wildman–Crippen MR) is 132 cm³/mol. The molecule has 0 bridgehead atoms. The van der Waals surface area contributed by atoms with Crippen molar-refractivity contribution >= 4 is 40.3 Å². The van der Waals surface area contributed by atoms with E-state index in [0.717, 1.165) is 41.7 Å². The summed E-state index contributed by atoms with van der Waals surface area (Å²) in [5.74, 6) is -1.07. The lowest BCUT2D eigenvalue weighted by Crippen LogP contribution is -2.46. The number of benzene rings is 1.